The van der Waals surface area contributed by atoms with Crippen LogP contribution in [0.4, 0.5) is 0 Å². The molecular formula is C12H22N2O2S. The number of aromatic nitrogens is 1. The maximum atomic E-state index is 11.0. The van der Waals surface area contributed by atoms with Crippen LogP contribution in [-0.4, -0.2) is 31.0 Å². The van der Waals surface area contributed by atoms with Crippen LogP contribution in [0.15, 0.2) is 18.3 Å². The molecule has 0 saturated carbocycles. The van der Waals surface area contributed by atoms with E-state index in [1.807, 2.05) is 12.3 Å². The molecule has 1 heterocycles. The molecule has 0 saturated heterocycles. The Hall–Kier alpha value is -0.810. The molecule has 1 rings (SSSR count). The number of nitrogens with one attached hydrogen (secondary N) is 1. The molecule has 0 radical (unpaired) electrons. The largest absolute Gasteiger partial charge is 0.350 e. The minimum atomic E-state index is -2.84. The van der Waals surface area contributed by atoms with Gasteiger partial charge in [-0.05, 0) is 18.6 Å². The number of aryl methyl sites for hydroxylation is 1. The lowest BCUT2D eigenvalue weighted by atomic mass is 10.3. The predicted molar refractivity (Wildman–Crippen MR) is 70.7 cm³/mol. The molecule has 1 aromatic rings. The van der Waals surface area contributed by atoms with Gasteiger partial charge < -0.3 is 9.88 Å². The van der Waals surface area contributed by atoms with Gasteiger partial charge in [-0.15, -0.1) is 0 Å². The summed E-state index contributed by atoms with van der Waals surface area (Å²) >= 11 is 0. The Labute approximate surface area is 104 Å². The first-order chi connectivity index (χ1) is 7.88. The molecule has 0 unspecified atom stereocenters. The molecule has 0 aliphatic rings. The number of hydrogen-bond donors (Lipinski definition) is 1. The highest BCUT2D eigenvalue weighted by atomic mass is 32.2. The summed E-state index contributed by atoms with van der Waals surface area (Å²) in [5, 5.41) is 3.36. The minimum absolute atomic E-state index is 0.252. The maximum Gasteiger partial charge on any atom is 0.147 e. The van der Waals surface area contributed by atoms with Crippen LogP contribution in [0, 0.1) is 0 Å². The van der Waals surface area contributed by atoms with Crippen molar-refractivity contribution < 1.29 is 8.42 Å². The summed E-state index contributed by atoms with van der Waals surface area (Å²) in [6.45, 7) is 5.80. The van der Waals surface area contributed by atoms with Gasteiger partial charge in [-0.25, -0.2) is 8.42 Å². The Morgan fingerprint density at radius 3 is 2.71 bits per heavy atom. The molecule has 0 atom stereocenters. The second kappa shape index (κ2) is 6.21. The van der Waals surface area contributed by atoms with Crippen LogP contribution >= 0.6 is 0 Å². The van der Waals surface area contributed by atoms with Crippen molar-refractivity contribution in [3.05, 3.63) is 24.0 Å². The number of rotatable bonds is 7. The lowest BCUT2D eigenvalue weighted by molar-refractivity contribution is 0.549. The summed E-state index contributed by atoms with van der Waals surface area (Å²) in [6.07, 6.45) is 3.95. The zero-order chi connectivity index (χ0) is 12.9. The zero-order valence-corrected chi connectivity index (χ0v) is 11.6. The van der Waals surface area contributed by atoms with E-state index in [9.17, 15) is 8.42 Å². The molecule has 0 bridgehead atoms. The van der Waals surface area contributed by atoms with Gasteiger partial charge in [0.2, 0.25) is 0 Å². The summed E-state index contributed by atoms with van der Waals surface area (Å²) in [6, 6.07) is 4.52. The van der Waals surface area contributed by atoms with Crippen molar-refractivity contribution >= 4 is 9.84 Å². The molecular weight excluding hydrogens is 236 g/mol. The average molecular weight is 258 g/mol. The van der Waals surface area contributed by atoms with Crippen molar-refractivity contribution in [1.82, 2.24) is 9.88 Å². The molecule has 1 N–H and O–H groups in total. The van der Waals surface area contributed by atoms with Crippen LogP contribution in [-0.2, 0) is 22.9 Å². The first kappa shape index (κ1) is 14.3. The van der Waals surface area contributed by atoms with Gasteiger partial charge in [0.1, 0.15) is 9.84 Å². The van der Waals surface area contributed by atoms with Crippen molar-refractivity contribution in [2.24, 2.45) is 0 Å². The average Bonchev–Trinajstić information content (AvgIpc) is 2.60. The maximum absolute atomic E-state index is 11.0. The van der Waals surface area contributed by atoms with E-state index in [0.29, 0.717) is 12.5 Å². The van der Waals surface area contributed by atoms with Crippen LogP contribution in [0.5, 0.6) is 0 Å². The predicted octanol–water partition coefficient (Wildman–Crippen LogP) is 1.42. The lowest BCUT2D eigenvalue weighted by Gasteiger charge is -2.11. The minimum Gasteiger partial charge on any atom is -0.350 e. The Balaban J connectivity index is 2.46. The topological polar surface area (TPSA) is 51.1 Å². The Morgan fingerprint density at radius 1 is 1.41 bits per heavy atom. The molecule has 5 heteroatoms. The monoisotopic (exact) mass is 258 g/mol. The zero-order valence-electron chi connectivity index (χ0n) is 10.8. The molecule has 0 aromatic carbocycles. The lowest BCUT2D eigenvalue weighted by Crippen LogP contribution is -2.23. The Bertz CT molecular complexity index is 435. The van der Waals surface area contributed by atoms with E-state index in [0.717, 1.165) is 13.1 Å². The summed E-state index contributed by atoms with van der Waals surface area (Å²) in [4.78, 5) is 0. The summed E-state index contributed by atoms with van der Waals surface area (Å²) < 4.78 is 24.2. The van der Waals surface area contributed by atoms with Gasteiger partial charge in [0.05, 0.1) is 5.75 Å². The van der Waals surface area contributed by atoms with Crippen LogP contribution < -0.4 is 5.32 Å². The fourth-order valence-electron chi connectivity index (χ4n) is 1.63. The number of hydrogen-bond acceptors (Lipinski definition) is 3. The molecule has 1 aromatic heterocycles. The van der Waals surface area contributed by atoms with Crippen molar-refractivity contribution in [2.75, 3.05) is 12.0 Å². The normalized spacial score (nSPS) is 12.2. The van der Waals surface area contributed by atoms with Crippen molar-refractivity contribution in [1.29, 1.82) is 0 Å². The molecule has 17 heavy (non-hydrogen) atoms. The van der Waals surface area contributed by atoms with Crippen molar-refractivity contribution in [2.45, 2.75) is 39.4 Å². The van der Waals surface area contributed by atoms with Gasteiger partial charge in [0.15, 0.2) is 0 Å². The second-order valence-corrected chi connectivity index (χ2v) is 6.97. The van der Waals surface area contributed by atoms with E-state index in [4.69, 9.17) is 0 Å². The highest BCUT2D eigenvalue weighted by Gasteiger charge is 2.04. The third-order valence-corrected chi connectivity index (χ3v) is 3.56. The standard InChI is InChI=1S/C12H22N2O2S/c1-11(2)13-10-12-6-4-7-14(12)8-5-9-17(3,15)16/h4,6-7,11,13H,5,8-10H2,1-3H3. The van der Waals surface area contributed by atoms with Crippen molar-refractivity contribution in [3.8, 4) is 0 Å². The third kappa shape index (κ3) is 5.89. The molecule has 0 spiro atoms. The van der Waals surface area contributed by atoms with E-state index < -0.39 is 9.84 Å². The third-order valence-electron chi connectivity index (χ3n) is 2.53. The van der Waals surface area contributed by atoms with Gasteiger partial charge in [-0.2, -0.15) is 0 Å². The van der Waals surface area contributed by atoms with E-state index in [1.165, 1.54) is 11.9 Å². The SMILES string of the molecule is CC(C)NCc1cccn1CCCS(C)(=O)=O. The molecule has 98 valence electrons. The quantitative estimate of drug-likeness (QED) is 0.805. The van der Waals surface area contributed by atoms with Crippen LogP contribution in [0.25, 0.3) is 0 Å². The second-order valence-electron chi connectivity index (χ2n) is 4.71. The Kier molecular flexibility index (Phi) is 5.21. The van der Waals surface area contributed by atoms with Gasteiger partial charge in [-0.1, -0.05) is 13.8 Å². The smallest absolute Gasteiger partial charge is 0.147 e. The molecule has 0 aliphatic carbocycles. The first-order valence-corrected chi connectivity index (χ1v) is 7.99. The Morgan fingerprint density at radius 2 is 2.12 bits per heavy atom. The molecule has 0 fully saturated rings. The number of sulfone groups is 1. The highest BCUT2D eigenvalue weighted by molar-refractivity contribution is 7.90. The fraction of sp³-hybridized carbons (Fsp3) is 0.667. The van der Waals surface area contributed by atoms with E-state index in [-0.39, 0.29) is 5.75 Å². The summed E-state index contributed by atoms with van der Waals surface area (Å²) in [7, 11) is -2.84. The highest BCUT2D eigenvalue weighted by Crippen LogP contribution is 2.04. The van der Waals surface area contributed by atoms with Gasteiger partial charge >= 0.3 is 0 Å². The van der Waals surface area contributed by atoms with Gasteiger partial charge in [0.25, 0.3) is 0 Å². The van der Waals surface area contributed by atoms with Crippen LogP contribution in [0.1, 0.15) is 26.0 Å². The summed E-state index contributed by atoms with van der Waals surface area (Å²) in [5.74, 6) is 0.252. The van der Waals surface area contributed by atoms with E-state index in [2.05, 4.69) is 29.8 Å². The molecule has 0 aliphatic heterocycles. The molecule has 0 amide bonds. The van der Waals surface area contributed by atoms with E-state index in [1.54, 1.807) is 0 Å². The van der Waals surface area contributed by atoms with E-state index >= 15 is 0 Å². The summed E-state index contributed by atoms with van der Waals surface area (Å²) in [5.41, 5.74) is 1.20. The first-order valence-electron chi connectivity index (χ1n) is 5.93. The number of nitrogens with zero attached hydrogens (tertiary/aromatic N) is 1. The fourth-order valence-corrected chi connectivity index (χ4v) is 2.29. The van der Waals surface area contributed by atoms with Crippen molar-refractivity contribution in [3.63, 3.8) is 0 Å². The van der Waals surface area contributed by atoms with Crippen LogP contribution in [0.3, 0.4) is 0 Å². The van der Waals surface area contributed by atoms with Gasteiger partial charge in [0, 0.05) is 37.3 Å². The van der Waals surface area contributed by atoms with Crippen LogP contribution in [0.2, 0.25) is 0 Å². The molecule has 4 nitrogen and oxygen atoms in total. The van der Waals surface area contributed by atoms with Gasteiger partial charge in [-0.3, -0.25) is 0 Å².